The smallest absolute Gasteiger partial charge is 0.306 e. The van der Waals surface area contributed by atoms with Crippen LogP contribution in [0.15, 0.2) is 47.4 Å². The number of carbonyl (C=O) groups excluding carboxylic acids is 2. The van der Waals surface area contributed by atoms with Crippen molar-refractivity contribution in [2.24, 2.45) is 5.92 Å². The zero-order chi connectivity index (χ0) is 24.9. The number of thioether (sulfide) groups is 1. The van der Waals surface area contributed by atoms with Gasteiger partial charge in [-0.15, -0.1) is 23.4 Å². The number of carbonyl (C=O) groups is 3. The third-order valence-corrected chi connectivity index (χ3v) is 8.22. The fourth-order valence-corrected chi connectivity index (χ4v) is 6.03. The molecule has 2 aliphatic rings. The third-order valence-electron chi connectivity index (χ3n) is 6.22. The van der Waals surface area contributed by atoms with Crippen molar-refractivity contribution in [2.75, 3.05) is 13.1 Å². The van der Waals surface area contributed by atoms with Crippen LogP contribution in [-0.4, -0.2) is 47.3 Å². The van der Waals surface area contributed by atoms with Gasteiger partial charge < -0.3 is 20.5 Å². The Morgan fingerprint density at radius 2 is 1.77 bits per heavy atom. The van der Waals surface area contributed by atoms with E-state index in [4.69, 9.17) is 21.4 Å². The van der Waals surface area contributed by atoms with E-state index in [2.05, 4.69) is 10.6 Å². The number of alkyl halides is 1. The van der Waals surface area contributed by atoms with E-state index in [0.717, 1.165) is 16.5 Å². The Morgan fingerprint density at radius 3 is 2.46 bits per heavy atom. The molecule has 10 heteroatoms. The molecule has 2 unspecified atom stereocenters. The number of ether oxygens (including phenoxy) is 1. The molecule has 1 heterocycles. The standard InChI is InChI=1S/C25H26ClFN2O5S/c26-21-18-3-1-2-4-20(18)35-22(21)24(31)29-12-11-28-23(30)17-10-9-16(13-19(17)27)34-15-7-5-14(6-8-15)25(32)33/h1-4,9-10,13-15,21-22H,5-8,11-12H2,(H,28,30)(H,29,31)(H,32,33). The van der Waals surface area contributed by atoms with Crippen molar-refractivity contribution in [3.63, 3.8) is 0 Å². The summed E-state index contributed by atoms with van der Waals surface area (Å²) in [6.07, 6.45) is 2.05. The molecule has 1 aliphatic heterocycles. The second kappa shape index (κ2) is 11.3. The number of carboxylic acid groups (broad SMARTS) is 1. The lowest BCUT2D eigenvalue weighted by atomic mass is 9.87. The highest BCUT2D eigenvalue weighted by atomic mass is 35.5. The van der Waals surface area contributed by atoms with Gasteiger partial charge in [-0.3, -0.25) is 14.4 Å². The predicted octanol–water partition coefficient (Wildman–Crippen LogP) is 4.15. The van der Waals surface area contributed by atoms with Crippen LogP contribution in [0.5, 0.6) is 5.75 Å². The van der Waals surface area contributed by atoms with Crippen LogP contribution in [0.3, 0.4) is 0 Å². The van der Waals surface area contributed by atoms with E-state index in [-0.39, 0.29) is 36.6 Å². The van der Waals surface area contributed by atoms with Gasteiger partial charge in [-0.1, -0.05) is 18.2 Å². The van der Waals surface area contributed by atoms with Gasteiger partial charge in [0.05, 0.1) is 23.0 Å². The molecule has 0 saturated heterocycles. The lowest BCUT2D eigenvalue weighted by Crippen LogP contribution is -2.39. The van der Waals surface area contributed by atoms with Crippen LogP contribution in [-0.2, 0) is 9.59 Å². The fourth-order valence-electron chi connectivity index (χ4n) is 4.29. The van der Waals surface area contributed by atoms with Crippen LogP contribution in [0, 0.1) is 11.7 Å². The molecule has 1 saturated carbocycles. The normalized spacial score (nSPS) is 23.3. The molecular weight excluding hydrogens is 495 g/mol. The van der Waals surface area contributed by atoms with Crippen molar-refractivity contribution in [3.8, 4) is 5.75 Å². The van der Waals surface area contributed by atoms with Crippen molar-refractivity contribution < 1.29 is 28.6 Å². The minimum absolute atomic E-state index is 0.124. The Balaban J connectivity index is 1.21. The lowest BCUT2D eigenvalue weighted by molar-refractivity contribution is -0.143. The van der Waals surface area contributed by atoms with Crippen molar-refractivity contribution in [2.45, 2.75) is 47.3 Å². The number of aliphatic carboxylic acids is 1. The van der Waals surface area contributed by atoms with E-state index < -0.39 is 28.3 Å². The van der Waals surface area contributed by atoms with Gasteiger partial charge >= 0.3 is 5.97 Å². The number of benzene rings is 2. The van der Waals surface area contributed by atoms with Crippen molar-refractivity contribution in [1.29, 1.82) is 0 Å². The fraction of sp³-hybridized carbons (Fsp3) is 0.400. The maximum Gasteiger partial charge on any atom is 0.306 e. The number of amides is 2. The van der Waals surface area contributed by atoms with E-state index >= 15 is 0 Å². The molecule has 2 aromatic carbocycles. The molecule has 0 spiro atoms. The topological polar surface area (TPSA) is 105 Å². The van der Waals surface area contributed by atoms with Gasteiger partial charge in [-0.2, -0.15) is 0 Å². The summed E-state index contributed by atoms with van der Waals surface area (Å²) in [6, 6.07) is 11.7. The Labute approximate surface area is 211 Å². The molecule has 1 aliphatic carbocycles. The molecule has 2 atom stereocenters. The first-order valence-corrected chi connectivity index (χ1v) is 12.8. The number of hydrogen-bond acceptors (Lipinski definition) is 5. The van der Waals surface area contributed by atoms with Gasteiger partial charge in [-0.05, 0) is 49.4 Å². The largest absolute Gasteiger partial charge is 0.490 e. The number of nitrogens with one attached hydrogen (secondary N) is 2. The van der Waals surface area contributed by atoms with Crippen molar-refractivity contribution in [3.05, 3.63) is 59.4 Å². The highest BCUT2D eigenvalue weighted by molar-refractivity contribution is 8.01. The molecule has 186 valence electrons. The van der Waals surface area contributed by atoms with Crippen LogP contribution in [0.1, 0.15) is 47.0 Å². The average molecular weight is 521 g/mol. The van der Waals surface area contributed by atoms with Crippen LogP contribution in [0.25, 0.3) is 0 Å². The number of carboxylic acids is 1. The lowest BCUT2D eigenvalue weighted by Gasteiger charge is -2.26. The van der Waals surface area contributed by atoms with Crippen LogP contribution >= 0.6 is 23.4 Å². The van der Waals surface area contributed by atoms with Crippen LogP contribution in [0.2, 0.25) is 0 Å². The van der Waals surface area contributed by atoms with E-state index in [1.807, 2.05) is 24.3 Å². The zero-order valence-corrected chi connectivity index (χ0v) is 20.4. The van der Waals surface area contributed by atoms with Gasteiger partial charge in [0.15, 0.2) is 0 Å². The summed E-state index contributed by atoms with van der Waals surface area (Å²) < 4.78 is 20.3. The molecule has 4 rings (SSSR count). The minimum Gasteiger partial charge on any atom is -0.490 e. The molecule has 3 N–H and O–H groups in total. The Hall–Kier alpha value is -2.78. The summed E-state index contributed by atoms with van der Waals surface area (Å²) >= 11 is 7.84. The maximum absolute atomic E-state index is 14.5. The maximum atomic E-state index is 14.5. The van der Waals surface area contributed by atoms with E-state index in [1.54, 1.807) is 0 Å². The molecular formula is C25H26ClFN2O5S. The second-order valence-corrected chi connectivity index (χ2v) is 10.2. The van der Waals surface area contributed by atoms with Crippen molar-refractivity contribution in [1.82, 2.24) is 10.6 Å². The van der Waals surface area contributed by atoms with Gasteiger partial charge in [0.1, 0.15) is 16.8 Å². The van der Waals surface area contributed by atoms with Gasteiger partial charge in [0, 0.05) is 24.1 Å². The Bertz CT molecular complexity index is 1110. The summed E-state index contributed by atoms with van der Waals surface area (Å²) in [4.78, 5) is 36.9. The number of halogens is 2. The average Bonchev–Trinajstić information content (AvgIpc) is 3.18. The summed E-state index contributed by atoms with van der Waals surface area (Å²) in [5.41, 5.74) is 0.810. The number of rotatable bonds is 8. The summed E-state index contributed by atoms with van der Waals surface area (Å²) in [5, 5.41) is 13.6. The highest BCUT2D eigenvalue weighted by Crippen LogP contribution is 2.47. The summed E-state index contributed by atoms with van der Waals surface area (Å²) in [6.45, 7) is 0.315. The molecule has 35 heavy (non-hydrogen) atoms. The highest BCUT2D eigenvalue weighted by Gasteiger charge is 2.36. The first kappa shape index (κ1) is 25.3. The molecule has 2 amide bonds. The van der Waals surface area contributed by atoms with Crippen molar-refractivity contribution >= 4 is 41.1 Å². The van der Waals surface area contributed by atoms with Crippen LogP contribution < -0.4 is 15.4 Å². The number of hydrogen-bond donors (Lipinski definition) is 3. The quantitative estimate of drug-likeness (QED) is 0.357. The SMILES string of the molecule is O=C(NCCNC(=O)C1Sc2ccccc2C1Cl)c1ccc(OC2CCC(C(=O)O)CC2)cc1F. The van der Waals surface area contributed by atoms with E-state index in [1.165, 1.54) is 23.9 Å². The van der Waals surface area contributed by atoms with E-state index in [0.29, 0.717) is 31.4 Å². The number of fused-ring (bicyclic) bond motifs is 1. The van der Waals surface area contributed by atoms with E-state index in [9.17, 15) is 18.8 Å². The van der Waals surface area contributed by atoms with Gasteiger partial charge in [0.2, 0.25) is 5.91 Å². The third kappa shape index (κ3) is 6.08. The molecule has 0 bridgehead atoms. The minimum atomic E-state index is -0.796. The zero-order valence-electron chi connectivity index (χ0n) is 18.8. The molecule has 7 nitrogen and oxygen atoms in total. The first-order chi connectivity index (χ1) is 16.8. The molecule has 2 aromatic rings. The second-order valence-electron chi connectivity index (χ2n) is 8.60. The summed E-state index contributed by atoms with van der Waals surface area (Å²) in [5.74, 6) is -2.37. The van der Waals surface area contributed by atoms with Crippen LogP contribution in [0.4, 0.5) is 4.39 Å². The monoisotopic (exact) mass is 520 g/mol. The van der Waals surface area contributed by atoms with Gasteiger partial charge in [-0.25, -0.2) is 4.39 Å². The first-order valence-electron chi connectivity index (χ1n) is 11.5. The Morgan fingerprint density at radius 1 is 1.06 bits per heavy atom. The van der Waals surface area contributed by atoms with Gasteiger partial charge in [0.25, 0.3) is 5.91 Å². The predicted molar refractivity (Wildman–Crippen MR) is 130 cm³/mol. The molecule has 1 fully saturated rings. The molecule has 0 radical (unpaired) electrons. The summed E-state index contributed by atoms with van der Waals surface area (Å²) in [7, 11) is 0. The molecule has 0 aromatic heterocycles. The Kier molecular flexibility index (Phi) is 8.18.